The molecule has 0 aromatic carbocycles. The van der Waals surface area contributed by atoms with E-state index in [0.29, 0.717) is 0 Å². The highest BCUT2D eigenvalue weighted by atomic mass is 19.4. The summed E-state index contributed by atoms with van der Waals surface area (Å²) >= 11 is 0. The smallest absolute Gasteiger partial charge is 0.395 e. The average molecular weight is 240 g/mol. The summed E-state index contributed by atoms with van der Waals surface area (Å²) < 4.78 is 36.5. The lowest BCUT2D eigenvalue weighted by molar-refractivity contribution is -0.154. The lowest BCUT2D eigenvalue weighted by Crippen LogP contribution is -2.46. The van der Waals surface area contributed by atoms with Gasteiger partial charge >= 0.3 is 6.18 Å². The maximum absolute atomic E-state index is 12.2. The summed E-state index contributed by atoms with van der Waals surface area (Å²) in [5, 5.41) is 10.5. The molecule has 1 aliphatic rings. The molecule has 0 aliphatic carbocycles. The summed E-state index contributed by atoms with van der Waals surface area (Å²) in [5.74, 6) is -1.34. The quantitative estimate of drug-likeness (QED) is 0.635. The SMILES string of the molecule is O=C1CC(N(CCO)CC(F)(F)F)C(=O)N1. The highest BCUT2D eigenvalue weighted by Gasteiger charge is 2.40. The Bertz CT molecular complexity index is 293. The van der Waals surface area contributed by atoms with E-state index in [9.17, 15) is 22.8 Å². The van der Waals surface area contributed by atoms with Gasteiger partial charge in [-0.15, -0.1) is 0 Å². The molecule has 0 bridgehead atoms. The first kappa shape index (κ1) is 12.9. The van der Waals surface area contributed by atoms with Crippen LogP contribution >= 0.6 is 0 Å². The molecule has 2 N–H and O–H groups in total. The minimum Gasteiger partial charge on any atom is -0.395 e. The Labute approximate surface area is 89.2 Å². The van der Waals surface area contributed by atoms with Crippen LogP contribution in [0.5, 0.6) is 0 Å². The van der Waals surface area contributed by atoms with Crippen LogP contribution in [-0.4, -0.2) is 53.7 Å². The molecule has 1 fully saturated rings. The second kappa shape index (κ2) is 4.79. The first-order chi connectivity index (χ1) is 7.33. The predicted octanol–water partition coefficient (Wildman–Crippen LogP) is -0.742. The fourth-order valence-electron chi connectivity index (χ4n) is 1.54. The van der Waals surface area contributed by atoms with Crippen LogP contribution in [0.4, 0.5) is 13.2 Å². The Kier molecular flexibility index (Phi) is 3.87. The molecule has 0 aromatic heterocycles. The van der Waals surface area contributed by atoms with E-state index in [4.69, 9.17) is 5.11 Å². The molecule has 1 saturated heterocycles. The van der Waals surface area contributed by atoms with Crippen LogP contribution < -0.4 is 5.32 Å². The molecule has 16 heavy (non-hydrogen) atoms. The van der Waals surface area contributed by atoms with Gasteiger partial charge in [0.1, 0.15) is 0 Å². The molecule has 8 heteroatoms. The minimum absolute atomic E-state index is 0.297. The van der Waals surface area contributed by atoms with Crippen LogP contribution in [0, 0.1) is 0 Å². The summed E-state index contributed by atoms with van der Waals surface area (Å²) in [7, 11) is 0. The van der Waals surface area contributed by atoms with E-state index < -0.39 is 37.2 Å². The summed E-state index contributed by atoms with van der Waals surface area (Å²) in [6.07, 6.45) is -4.77. The van der Waals surface area contributed by atoms with Gasteiger partial charge in [0.15, 0.2) is 0 Å². The average Bonchev–Trinajstić information content (AvgIpc) is 2.42. The number of nitrogens with zero attached hydrogens (tertiary/aromatic N) is 1. The van der Waals surface area contributed by atoms with Crippen LogP contribution in [0.1, 0.15) is 6.42 Å². The van der Waals surface area contributed by atoms with Gasteiger partial charge in [-0.2, -0.15) is 13.2 Å². The fraction of sp³-hybridized carbons (Fsp3) is 0.750. The number of amides is 2. The Morgan fingerprint density at radius 1 is 1.44 bits per heavy atom. The second-order valence-corrected chi connectivity index (χ2v) is 3.44. The number of aliphatic hydroxyl groups is 1. The first-order valence-corrected chi connectivity index (χ1v) is 4.59. The molecule has 1 unspecified atom stereocenters. The molecule has 92 valence electrons. The molecule has 1 rings (SSSR count). The molecular formula is C8H11F3N2O3. The van der Waals surface area contributed by atoms with Crippen LogP contribution in [0.15, 0.2) is 0 Å². The van der Waals surface area contributed by atoms with Gasteiger partial charge in [0.05, 0.1) is 25.6 Å². The van der Waals surface area contributed by atoms with E-state index in [1.54, 1.807) is 0 Å². The van der Waals surface area contributed by atoms with Crippen molar-refractivity contribution in [1.82, 2.24) is 10.2 Å². The molecular weight excluding hydrogens is 229 g/mol. The third kappa shape index (κ3) is 3.46. The van der Waals surface area contributed by atoms with E-state index in [-0.39, 0.29) is 13.0 Å². The molecule has 2 amide bonds. The largest absolute Gasteiger partial charge is 0.401 e. The van der Waals surface area contributed by atoms with Crippen molar-refractivity contribution in [3.63, 3.8) is 0 Å². The van der Waals surface area contributed by atoms with Crippen molar-refractivity contribution < 1.29 is 27.9 Å². The Balaban J connectivity index is 2.69. The third-order valence-corrected chi connectivity index (χ3v) is 2.15. The fourth-order valence-corrected chi connectivity index (χ4v) is 1.54. The number of imide groups is 1. The van der Waals surface area contributed by atoms with Gasteiger partial charge in [0, 0.05) is 6.54 Å². The first-order valence-electron chi connectivity index (χ1n) is 4.59. The van der Waals surface area contributed by atoms with Crippen LogP contribution in [0.25, 0.3) is 0 Å². The van der Waals surface area contributed by atoms with Crippen molar-refractivity contribution in [1.29, 1.82) is 0 Å². The number of alkyl halides is 3. The highest BCUT2D eigenvalue weighted by Crippen LogP contribution is 2.20. The minimum atomic E-state index is -4.47. The lowest BCUT2D eigenvalue weighted by atomic mass is 10.2. The molecule has 0 saturated carbocycles. The third-order valence-electron chi connectivity index (χ3n) is 2.15. The lowest BCUT2D eigenvalue weighted by Gasteiger charge is -2.26. The molecule has 1 atom stereocenters. The zero-order valence-electron chi connectivity index (χ0n) is 8.25. The predicted molar refractivity (Wildman–Crippen MR) is 46.3 cm³/mol. The van der Waals surface area contributed by atoms with Crippen molar-refractivity contribution in [2.24, 2.45) is 0 Å². The van der Waals surface area contributed by atoms with Crippen LogP contribution in [0.3, 0.4) is 0 Å². The number of hydrogen-bond acceptors (Lipinski definition) is 4. The van der Waals surface area contributed by atoms with Crippen molar-refractivity contribution in [2.45, 2.75) is 18.6 Å². The van der Waals surface area contributed by atoms with Gasteiger partial charge in [-0.25, -0.2) is 0 Å². The summed E-state index contributed by atoms with van der Waals surface area (Å²) in [5.41, 5.74) is 0. The van der Waals surface area contributed by atoms with E-state index in [0.717, 1.165) is 4.90 Å². The molecule has 0 radical (unpaired) electrons. The standard InChI is InChI=1S/C8H11F3N2O3/c9-8(10,11)4-13(1-2-14)5-3-6(15)12-7(5)16/h5,14H,1-4H2,(H,12,15,16). The number of rotatable bonds is 4. The molecule has 0 aromatic rings. The Morgan fingerprint density at radius 2 is 2.06 bits per heavy atom. The number of hydrogen-bond donors (Lipinski definition) is 2. The number of aliphatic hydroxyl groups excluding tert-OH is 1. The number of halogens is 3. The molecule has 5 nitrogen and oxygen atoms in total. The monoisotopic (exact) mass is 240 g/mol. The molecule has 1 aliphatic heterocycles. The number of nitrogens with one attached hydrogen (secondary N) is 1. The normalized spacial score (nSPS) is 21.7. The van der Waals surface area contributed by atoms with Crippen molar-refractivity contribution in [2.75, 3.05) is 19.7 Å². The number of carbonyl (C=O) groups excluding carboxylic acids is 2. The van der Waals surface area contributed by atoms with Gasteiger partial charge in [-0.1, -0.05) is 0 Å². The van der Waals surface area contributed by atoms with Crippen LogP contribution in [-0.2, 0) is 9.59 Å². The topological polar surface area (TPSA) is 69.6 Å². The molecule has 1 heterocycles. The maximum Gasteiger partial charge on any atom is 0.401 e. The van der Waals surface area contributed by atoms with Gasteiger partial charge in [0.25, 0.3) is 0 Å². The van der Waals surface area contributed by atoms with E-state index in [2.05, 4.69) is 0 Å². The van der Waals surface area contributed by atoms with Crippen molar-refractivity contribution >= 4 is 11.8 Å². The summed E-state index contributed by atoms with van der Waals surface area (Å²) in [6, 6.07) is -1.14. The van der Waals surface area contributed by atoms with Gasteiger partial charge < -0.3 is 5.11 Å². The summed E-state index contributed by atoms with van der Waals surface area (Å²) in [6.45, 7) is -2.13. The second-order valence-electron chi connectivity index (χ2n) is 3.44. The Hall–Kier alpha value is -1.15. The van der Waals surface area contributed by atoms with Gasteiger partial charge in [-0.05, 0) is 0 Å². The van der Waals surface area contributed by atoms with Gasteiger partial charge in [-0.3, -0.25) is 19.8 Å². The zero-order valence-corrected chi connectivity index (χ0v) is 8.25. The van der Waals surface area contributed by atoms with Crippen molar-refractivity contribution in [3.05, 3.63) is 0 Å². The van der Waals surface area contributed by atoms with E-state index in [1.807, 2.05) is 5.32 Å². The molecule has 0 spiro atoms. The Morgan fingerprint density at radius 3 is 2.44 bits per heavy atom. The summed E-state index contributed by atoms with van der Waals surface area (Å²) in [4.78, 5) is 22.8. The van der Waals surface area contributed by atoms with E-state index >= 15 is 0 Å². The van der Waals surface area contributed by atoms with E-state index in [1.165, 1.54) is 0 Å². The number of carbonyl (C=O) groups is 2. The van der Waals surface area contributed by atoms with Gasteiger partial charge in [0.2, 0.25) is 11.8 Å². The maximum atomic E-state index is 12.2. The van der Waals surface area contributed by atoms with Crippen molar-refractivity contribution in [3.8, 4) is 0 Å². The zero-order chi connectivity index (χ0) is 12.3. The van der Waals surface area contributed by atoms with Crippen LogP contribution in [0.2, 0.25) is 0 Å². The highest BCUT2D eigenvalue weighted by molar-refractivity contribution is 6.05.